The molecule has 0 aliphatic rings. The first-order valence-corrected chi connectivity index (χ1v) is 5.65. The first-order valence-electron chi connectivity index (χ1n) is 5.65. The van der Waals surface area contributed by atoms with Gasteiger partial charge in [-0.15, -0.1) is 0 Å². The number of hydrogen-bond acceptors (Lipinski definition) is 4. The predicted octanol–water partition coefficient (Wildman–Crippen LogP) is 0.0992. The van der Waals surface area contributed by atoms with Crippen molar-refractivity contribution in [1.29, 1.82) is 0 Å². The number of rotatable bonds is 4. The number of carbonyl (C=O) groups is 1. The highest BCUT2D eigenvalue weighted by atomic mass is 16.2. The summed E-state index contributed by atoms with van der Waals surface area (Å²) >= 11 is 0. The van der Waals surface area contributed by atoms with Crippen LogP contribution in [-0.4, -0.2) is 27.3 Å². The summed E-state index contributed by atoms with van der Waals surface area (Å²) < 4.78 is 0. The van der Waals surface area contributed by atoms with Gasteiger partial charge in [-0.3, -0.25) is 19.7 Å². The third-order valence-electron chi connectivity index (χ3n) is 2.51. The normalized spacial score (nSPS) is 10.8. The van der Waals surface area contributed by atoms with Gasteiger partial charge >= 0.3 is 0 Å². The minimum absolute atomic E-state index is 0.0188. The molecule has 0 aliphatic heterocycles. The van der Waals surface area contributed by atoms with Crippen LogP contribution >= 0.6 is 0 Å². The Morgan fingerprint density at radius 1 is 1.53 bits per heavy atom. The van der Waals surface area contributed by atoms with Crippen molar-refractivity contribution in [2.24, 2.45) is 5.10 Å². The molecule has 2 heterocycles. The number of amides is 1. The van der Waals surface area contributed by atoms with Crippen LogP contribution in [0.2, 0.25) is 0 Å². The van der Waals surface area contributed by atoms with E-state index in [-0.39, 0.29) is 17.9 Å². The smallest absolute Gasteiger partial charge is 0.267 e. The third kappa shape index (κ3) is 3.38. The molecular weight excluding hydrogens is 246 g/mol. The maximum atomic E-state index is 11.6. The van der Waals surface area contributed by atoms with Crippen molar-refractivity contribution in [3.8, 4) is 0 Å². The lowest BCUT2D eigenvalue weighted by atomic mass is 10.2. The van der Waals surface area contributed by atoms with Crippen LogP contribution in [0.25, 0.3) is 0 Å². The minimum atomic E-state index is -0.353. The molecule has 0 atom stereocenters. The van der Waals surface area contributed by atoms with Gasteiger partial charge in [0.1, 0.15) is 0 Å². The molecule has 2 rings (SSSR count). The van der Waals surface area contributed by atoms with E-state index in [9.17, 15) is 9.59 Å². The standard InChI is InChI=1S/C12H13N5O2/c1-8-10(12(19)17-15-8)5-11(18)16-14-7-9-3-2-4-13-6-9/h2-4,6-7H,5H2,1H3,(H,16,18)(H2,15,17,19)/b14-7-. The van der Waals surface area contributed by atoms with E-state index in [4.69, 9.17) is 0 Å². The number of aromatic nitrogens is 3. The van der Waals surface area contributed by atoms with E-state index >= 15 is 0 Å². The maximum Gasteiger partial charge on any atom is 0.267 e. The third-order valence-corrected chi connectivity index (χ3v) is 2.51. The molecule has 0 spiro atoms. The van der Waals surface area contributed by atoms with Crippen molar-refractivity contribution in [2.75, 3.05) is 0 Å². The number of H-pyrrole nitrogens is 2. The van der Waals surface area contributed by atoms with Gasteiger partial charge in [-0.25, -0.2) is 5.43 Å². The monoisotopic (exact) mass is 259 g/mol. The van der Waals surface area contributed by atoms with Gasteiger partial charge in [0.05, 0.1) is 12.6 Å². The summed E-state index contributed by atoms with van der Waals surface area (Å²) in [5, 5.41) is 8.87. The number of pyridine rings is 1. The number of nitrogens with zero attached hydrogens (tertiary/aromatic N) is 2. The van der Waals surface area contributed by atoms with Crippen molar-refractivity contribution in [2.45, 2.75) is 13.3 Å². The Morgan fingerprint density at radius 3 is 3.00 bits per heavy atom. The molecule has 19 heavy (non-hydrogen) atoms. The molecule has 7 heteroatoms. The predicted molar refractivity (Wildman–Crippen MR) is 69.8 cm³/mol. The van der Waals surface area contributed by atoms with E-state index in [1.807, 2.05) is 6.07 Å². The molecule has 0 aromatic carbocycles. The molecule has 0 aliphatic carbocycles. The highest BCUT2D eigenvalue weighted by molar-refractivity contribution is 5.82. The summed E-state index contributed by atoms with van der Waals surface area (Å²) in [6.07, 6.45) is 4.74. The van der Waals surface area contributed by atoms with Gasteiger partial charge in [-0.2, -0.15) is 5.10 Å². The molecule has 98 valence electrons. The van der Waals surface area contributed by atoms with Crippen LogP contribution in [0.4, 0.5) is 0 Å². The van der Waals surface area contributed by atoms with Crippen LogP contribution in [0.5, 0.6) is 0 Å². The Kier molecular flexibility index (Phi) is 3.87. The van der Waals surface area contributed by atoms with Crippen molar-refractivity contribution in [3.05, 3.63) is 51.7 Å². The van der Waals surface area contributed by atoms with Gasteiger partial charge in [0.2, 0.25) is 5.91 Å². The SMILES string of the molecule is Cc1[nH][nH]c(=O)c1CC(=O)N/N=C\c1cccnc1. The molecule has 2 aromatic rings. The molecule has 0 saturated carbocycles. The van der Waals surface area contributed by atoms with Crippen molar-refractivity contribution >= 4 is 12.1 Å². The zero-order valence-corrected chi connectivity index (χ0v) is 10.3. The zero-order chi connectivity index (χ0) is 13.7. The summed E-state index contributed by atoms with van der Waals surface area (Å²) in [5.74, 6) is -0.353. The molecule has 3 N–H and O–H groups in total. The van der Waals surface area contributed by atoms with E-state index < -0.39 is 0 Å². The molecule has 2 aromatic heterocycles. The summed E-state index contributed by atoms with van der Waals surface area (Å²) in [6, 6.07) is 3.58. The summed E-state index contributed by atoms with van der Waals surface area (Å²) in [5.41, 5.74) is 3.91. The minimum Gasteiger partial charge on any atom is -0.302 e. The molecule has 7 nitrogen and oxygen atoms in total. The number of hydrogen-bond donors (Lipinski definition) is 3. The number of nitrogens with one attached hydrogen (secondary N) is 3. The van der Waals surface area contributed by atoms with Crippen LogP contribution in [0.3, 0.4) is 0 Å². The lowest BCUT2D eigenvalue weighted by Gasteiger charge is -1.98. The highest BCUT2D eigenvalue weighted by Gasteiger charge is 2.10. The van der Waals surface area contributed by atoms with Gasteiger partial charge < -0.3 is 5.10 Å². The van der Waals surface area contributed by atoms with E-state index in [2.05, 4.69) is 25.7 Å². The van der Waals surface area contributed by atoms with E-state index in [1.165, 1.54) is 6.21 Å². The molecule has 0 radical (unpaired) electrons. The number of aromatic amines is 2. The largest absolute Gasteiger partial charge is 0.302 e. The van der Waals surface area contributed by atoms with Gasteiger partial charge in [0.25, 0.3) is 5.56 Å². The van der Waals surface area contributed by atoms with Gasteiger partial charge in [-0.1, -0.05) is 6.07 Å². The fourth-order valence-electron chi connectivity index (χ4n) is 1.52. The molecule has 0 unspecified atom stereocenters. The molecule has 1 amide bonds. The number of aryl methyl sites for hydroxylation is 1. The van der Waals surface area contributed by atoms with Crippen molar-refractivity contribution in [1.82, 2.24) is 20.6 Å². The van der Waals surface area contributed by atoms with Crippen LogP contribution in [0, 0.1) is 6.92 Å². The Hall–Kier alpha value is -2.70. The number of carbonyl (C=O) groups excluding carboxylic acids is 1. The lowest BCUT2D eigenvalue weighted by molar-refractivity contribution is -0.120. The highest BCUT2D eigenvalue weighted by Crippen LogP contribution is 1.97. The van der Waals surface area contributed by atoms with Gasteiger partial charge in [0, 0.05) is 29.2 Å². The summed E-state index contributed by atoms with van der Waals surface area (Å²) in [4.78, 5) is 26.9. The quantitative estimate of drug-likeness (QED) is 0.536. The fraction of sp³-hybridized carbons (Fsp3) is 0.167. The fourth-order valence-corrected chi connectivity index (χ4v) is 1.52. The van der Waals surface area contributed by atoms with Crippen LogP contribution in [0.15, 0.2) is 34.4 Å². The molecule has 0 fully saturated rings. The summed E-state index contributed by atoms with van der Waals surface area (Å²) in [7, 11) is 0. The molecule has 0 bridgehead atoms. The van der Waals surface area contributed by atoms with Crippen LogP contribution < -0.4 is 11.0 Å². The van der Waals surface area contributed by atoms with Crippen LogP contribution in [0.1, 0.15) is 16.8 Å². The molecule has 0 saturated heterocycles. The topological polar surface area (TPSA) is 103 Å². The Labute approximate surface area is 108 Å². The Morgan fingerprint density at radius 2 is 2.37 bits per heavy atom. The Balaban J connectivity index is 1.92. The zero-order valence-electron chi connectivity index (χ0n) is 10.3. The second kappa shape index (κ2) is 5.76. The summed E-state index contributed by atoms with van der Waals surface area (Å²) in [6.45, 7) is 1.72. The van der Waals surface area contributed by atoms with E-state index in [0.29, 0.717) is 11.3 Å². The number of hydrazone groups is 1. The first kappa shape index (κ1) is 12.7. The maximum absolute atomic E-state index is 11.6. The van der Waals surface area contributed by atoms with Crippen molar-refractivity contribution in [3.63, 3.8) is 0 Å². The first-order chi connectivity index (χ1) is 9.16. The Bertz CT molecular complexity index is 642. The van der Waals surface area contributed by atoms with Gasteiger partial charge in [-0.05, 0) is 13.0 Å². The van der Waals surface area contributed by atoms with E-state index in [1.54, 1.807) is 25.4 Å². The molecular formula is C12H13N5O2. The van der Waals surface area contributed by atoms with E-state index in [0.717, 1.165) is 5.56 Å². The average molecular weight is 259 g/mol. The second-order valence-electron chi connectivity index (χ2n) is 3.94. The lowest BCUT2D eigenvalue weighted by Crippen LogP contribution is -2.23. The average Bonchev–Trinajstić information content (AvgIpc) is 2.72. The van der Waals surface area contributed by atoms with Crippen molar-refractivity contribution < 1.29 is 4.79 Å². The van der Waals surface area contributed by atoms with Crippen LogP contribution in [-0.2, 0) is 11.2 Å². The van der Waals surface area contributed by atoms with Gasteiger partial charge in [0.15, 0.2) is 0 Å². The second-order valence-corrected chi connectivity index (χ2v) is 3.94.